The Bertz CT molecular complexity index is 777. The van der Waals surface area contributed by atoms with E-state index in [0.29, 0.717) is 0 Å². The van der Waals surface area contributed by atoms with Crippen molar-refractivity contribution in [2.75, 3.05) is 7.05 Å². The SMILES string of the molecule is CNC(c1cc2cc(F)ccc2s1)c1c(F)cccc1F. The molecule has 0 aliphatic heterocycles. The summed E-state index contributed by atoms with van der Waals surface area (Å²) in [6.45, 7) is 0. The minimum absolute atomic E-state index is 0.0213. The maximum atomic E-state index is 14.0. The number of hydrogen-bond donors (Lipinski definition) is 1. The number of thiophene rings is 1. The van der Waals surface area contributed by atoms with Gasteiger partial charge in [0.2, 0.25) is 0 Å². The summed E-state index contributed by atoms with van der Waals surface area (Å²) in [5, 5.41) is 3.66. The highest BCUT2D eigenvalue weighted by Crippen LogP contribution is 2.35. The van der Waals surface area contributed by atoms with Gasteiger partial charge in [0.15, 0.2) is 0 Å². The quantitative estimate of drug-likeness (QED) is 0.744. The minimum atomic E-state index is -0.605. The number of hydrogen-bond acceptors (Lipinski definition) is 2. The van der Waals surface area contributed by atoms with Crippen molar-refractivity contribution in [3.8, 4) is 0 Å². The zero-order valence-corrected chi connectivity index (χ0v) is 12.0. The van der Waals surface area contributed by atoms with Gasteiger partial charge in [-0.15, -0.1) is 11.3 Å². The molecule has 1 N–H and O–H groups in total. The molecule has 3 aromatic rings. The molecule has 1 nitrogen and oxygen atoms in total. The Morgan fingerprint density at radius 2 is 1.71 bits per heavy atom. The van der Waals surface area contributed by atoms with E-state index in [1.54, 1.807) is 19.2 Å². The van der Waals surface area contributed by atoms with Crippen LogP contribution in [-0.4, -0.2) is 7.05 Å². The number of nitrogens with one attached hydrogen (secondary N) is 1. The maximum absolute atomic E-state index is 14.0. The van der Waals surface area contributed by atoms with Crippen molar-refractivity contribution >= 4 is 21.4 Å². The highest BCUT2D eigenvalue weighted by atomic mass is 32.1. The Balaban J connectivity index is 2.14. The van der Waals surface area contributed by atoms with E-state index < -0.39 is 17.7 Å². The highest BCUT2D eigenvalue weighted by Gasteiger charge is 2.22. The summed E-state index contributed by atoms with van der Waals surface area (Å²) in [5.41, 5.74) is -0.0213. The second kappa shape index (κ2) is 5.50. The fraction of sp³-hybridized carbons (Fsp3) is 0.125. The summed E-state index contributed by atoms with van der Waals surface area (Å²) >= 11 is 1.39. The summed E-state index contributed by atoms with van der Waals surface area (Å²) in [4.78, 5) is 0.738. The summed E-state index contributed by atoms with van der Waals surface area (Å²) in [5.74, 6) is -1.53. The number of rotatable bonds is 3. The Hall–Kier alpha value is -1.85. The Morgan fingerprint density at radius 1 is 1.00 bits per heavy atom. The largest absolute Gasteiger partial charge is 0.308 e. The Kier molecular flexibility index (Phi) is 3.69. The monoisotopic (exact) mass is 307 g/mol. The van der Waals surface area contributed by atoms with Gasteiger partial charge in [0.25, 0.3) is 0 Å². The van der Waals surface area contributed by atoms with Crippen LogP contribution in [0, 0.1) is 17.5 Å². The molecule has 0 amide bonds. The predicted molar refractivity (Wildman–Crippen MR) is 79.0 cm³/mol. The van der Waals surface area contributed by atoms with E-state index in [2.05, 4.69) is 5.32 Å². The van der Waals surface area contributed by atoms with Gasteiger partial charge >= 0.3 is 0 Å². The zero-order valence-electron chi connectivity index (χ0n) is 11.2. The first kappa shape index (κ1) is 14.1. The fourth-order valence-electron chi connectivity index (χ4n) is 2.39. The van der Waals surface area contributed by atoms with Crippen LogP contribution in [0.2, 0.25) is 0 Å². The van der Waals surface area contributed by atoms with Crippen molar-refractivity contribution < 1.29 is 13.2 Å². The molecule has 0 radical (unpaired) electrons. The maximum Gasteiger partial charge on any atom is 0.131 e. The molecule has 108 valence electrons. The molecule has 0 aliphatic carbocycles. The van der Waals surface area contributed by atoms with Crippen LogP contribution in [0.1, 0.15) is 16.5 Å². The second-order valence-electron chi connectivity index (χ2n) is 4.69. The van der Waals surface area contributed by atoms with E-state index in [1.807, 2.05) is 0 Å². The lowest BCUT2D eigenvalue weighted by Crippen LogP contribution is -2.19. The minimum Gasteiger partial charge on any atom is -0.308 e. The topological polar surface area (TPSA) is 12.0 Å². The average Bonchev–Trinajstić information content (AvgIpc) is 2.85. The van der Waals surface area contributed by atoms with Gasteiger partial charge in [-0.2, -0.15) is 0 Å². The first-order chi connectivity index (χ1) is 10.1. The van der Waals surface area contributed by atoms with Gasteiger partial charge in [-0.05, 0) is 48.8 Å². The standard InChI is InChI=1S/C16H12F3NS/c1-20-16(15-11(18)3-2-4-12(15)19)14-8-9-7-10(17)5-6-13(9)21-14/h2-8,16,20H,1H3. The van der Waals surface area contributed by atoms with Gasteiger partial charge in [0.1, 0.15) is 17.5 Å². The van der Waals surface area contributed by atoms with Crippen molar-refractivity contribution in [3.05, 3.63) is 70.4 Å². The van der Waals surface area contributed by atoms with Gasteiger partial charge < -0.3 is 5.32 Å². The molecule has 0 saturated heterocycles. The van der Waals surface area contributed by atoms with Crippen molar-refractivity contribution in [1.29, 1.82) is 0 Å². The van der Waals surface area contributed by atoms with Crippen LogP contribution in [-0.2, 0) is 0 Å². The van der Waals surface area contributed by atoms with Crippen molar-refractivity contribution in [3.63, 3.8) is 0 Å². The van der Waals surface area contributed by atoms with E-state index in [1.165, 1.54) is 41.7 Å². The first-order valence-corrected chi connectivity index (χ1v) is 7.22. The third-order valence-electron chi connectivity index (χ3n) is 3.36. The van der Waals surface area contributed by atoms with Crippen molar-refractivity contribution in [2.24, 2.45) is 0 Å². The molecule has 0 aliphatic rings. The number of halogens is 3. The average molecular weight is 307 g/mol. The van der Waals surface area contributed by atoms with Crippen LogP contribution in [0.4, 0.5) is 13.2 Å². The van der Waals surface area contributed by atoms with Crippen LogP contribution in [0.15, 0.2) is 42.5 Å². The van der Waals surface area contributed by atoms with E-state index in [0.717, 1.165) is 15.0 Å². The third kappa shape index (κ3) is 2.54. The summed E-state index contributed by atoms with van der Waals surface area (Å²) < 4.78 is 42.0. The molecule has 1 aromatic heterocycles. The van der Waals surface area contributed by atoms with E-state index >= 15 is 0 Å². The number of benzene rings is 2. The van der Waals surface area contributed by atoms with E-state index in [-0.39, 0.29) is 11.4 Å². The molecule has 5 heteroatoms. The van der Waals surface area contributed by atoms with E-state index in [4.69, 9.17) is 0 Å². The lowest BCUT2D eigenvalue weighted by atomic mass is 10.0. The Morgan fingerprint density at radius 3 is 2.38 bits per heavy atom. The molecule has 1 atom stereocenters. The third-order valence-corrected chi connectivity index (χ3v) is 4.54. The molecular weight excluding hydrogens is 295 g/mol. The molecular formula is C16H12F3NS. The molecule has 2 aromatic carbocycles. The van der Waals surface area contributed by atoms with Gasteiger partial charge in [-0.1, -0.05) is 6.07 Å². The molecule has 0 bridgehead atoms. The molecule has 1 heterocycles. The number of fused-ring (bicyclic) bond motifs is 1. The summed E-state index contributed by atoms with van der Waals surface area (Å²) in [6.07, 6.45) is 0. The molecule has 1 unspecified atom stereocenters. The van der Waals surface area contributed by atoms with Gasteiger partial charge in [-0.25, -0.2) is 13.2 Å². The van der Waals surface area contributed by atoms with Crippen molar-refractivity contribution in [1.82, 2.24) is 5.32 Å². The fourth-order valence-corrected chi connectivity index (χ4v) is 3.56. The Labute approximate surface area is 124 Å². The van der Waals surface area contributed by atoms with Gasteiger partial charge in [-0.3, -0.25) is 0 Å². The summed E-state index contributed by atoms with van der Waals surface area (Å²) in [7, 11) is 1.64. The van der Waals surface area contributed by atoms with Crippen LogP contribution >= 0.6 is 11.3 Å². The van der Waals surface area contributed by atoms with Crippen molar-refractivity contribution in [2.45, 2.75) is 6.04 Å². The van der Waals surface area contributed by atoms with Crippen LogP contribution < -0.4 is 5.32 Å². The van der Waals surface area contributed by atoms with Gasteiger partial charge in [0.05, 0.1) is 6.04 Å². The molecule has 21 heavy (non-hydrogen) atoms. The van der Waals surface area contributed by atoms with Gasteiger partial charge in [0, 0.05) is 15.1 Å². The highest BCUT2D eigenvalue weighted by molar-refractivity contribution is 7.19. The second-order valence-corrected chi connectivity index (χ2v) is 5.80. The van der Waals surface area contributed by atoms with E-state index in [9.17, 15) is 13.2 Å². The smallest absolute Gasteiger partial charge is 0.131 e. The van der Waals surface area contributed by atoms with Crippen LogP contribution in [0.3, 0.4) is 0 Å². The zero-order chi connectivity index (χ0) is 15.0. The molecule has 0 spiro atoms. The van der Waals surface area contributed by atoms with Crippen LogP contribution in [0.25, 0.3) is 10.1 Å². The predicted octanol–water partition coefficient (Wildman–Crippen LogP) is 4.63. The molecule has 0 saturated carbocycles. The normalized spacial score (nSPS) is 12.8. The molecule has 3 rings (SSSR count). The first-order valence-electron chi connectivity index (χ1n) is 6.40. The van der Waals surface area contributed by atoms with Crippen LogP contribution in [0.5, 0.6) is 0 Å². The molecule has 0 fully saturated rings. The lowest BCUT2D eigenvalue weighted by Gasteiger charge is -2.16. The summed E-state index contributed by atoms with van der Waals surface area (Å²) in [6, 6.07) is 9.42. The lowest BCUT2D eigenvalue weighted by molar-refractivity contribution is 0.525.